The molecule has 1 fully saturated rings. The first-order chi connectivity index (χ1) is 18.6. The van der Waals surface area contributed by atoms with E-state index >= 15 is 0 Å². The van der Waals surface area contributed by atoms with E-state index in [0.717, 1.165) is 42.6 Å². The predicted molar refractivity (Wildman–Crippen MR) is 144 cm³/mol. The van der Waals surface area contributed by atoms with Gasteiger partial charge in [0.1, 0.15) is 19.0 Å². The first kappa shape index (κ1) is 24.3. The number of ether oxygens (including phenoxy) is 3. The van der Waals surface area contributed by atoms with Crippen molar-refractivity contribution in [2.45, 2.75) is 50.1 Å². The molecule has 2 aliphatic heterocycles. The first-order valence-electron chi connectivity index (χ1n) is 13.4. The van der Waals surface area contributed by atoms with Gasteiger partial charge < -0.3 is 24.4 Å². The topological polar surface area (TPSA) is 77.1 Å². The Morgan fingerprint density at radius 3 is 2.42 bits per heavy atom. The summed E-state index contributed by atoms with van der Waals surface area (Å²) in [5.74, 6) is 1.26. The molecule has 0 spiro atoms. The van der Waals surface area contributed by atoms with Crippen LogP contribution in [0.2, 0.25) is 0 Å². The van der Waals surface area contributed by atoms with E-state index in [1.807, 2.05) is 65.6 Å². The van der Waals surface area contributed by atoms with E-state index in [2.05, 4.69) is 5.32 Å². The Kier molecular flexibility index (Phi) is 6.66. The van der Waals surface area contributed by atoms with E-state index in [9.17, 15) is 9.59 Å². The molecule has 0 bridgehead atoms. The summed E-state index contributed by atoms with van der Waals surface area (Å²) in [4.78, 5) is 30.2. The first-order valence-corrected chi connectivity index (χ1v) is 13.4. The van der Waals surface area contributed by atoms with Gasteiger partial charge in [0.05, 0.1) is 19.1 Å². The van der Waals surface area contributed by atoms with Crippen LogP contribution in [0.15, 0.2) is 66.7 Å². The molecule has 3 aliphatic rings. The maximum Gasteiger partial charge on any atom is 0.254 e. The zero-order valence-electron chi connectivity index (χ0n) is 21.5. The van der Waals surface area contributed by atoms with E-state index in [-0.39, 0.29) is 17.9 Å². The van der Waals surface area contributed by atoms with Gasteiger partial charge in [-0.25, -0.2) is 0 Å². The lowest BCUT2D eigenvalue weighted by molar-refractivity contribution is -0.119. The number of nitrogens with zero attached hydrogens (tertiary/aromatic N) is 1. The minimum Gasteiger partial charge on any atom is -0.497 e. The smallest absolute Gasteiger partial charge is 0.254 e. The quantitative estimate of drug-likeness (QED) is 0.473. The van der Waals surface area contributed by atoms with Crippen LogP contribution in [0, 0.1) is 0 Å². The third-order valence-electron chi connectivity index (χ3n) is 7.89. The van der Waals surface area contributed by atoms with Gasteiger partial charge in [0.25, 0.3) is 5.91 Å². The second kappa shape index (κ2) is 10.4. The van der Waals surface area contributed by atoms with Crippen molar-refractivity contribution in [1.82, 2.24) is 4.90 Å². The zero-order valence-corrected chi connectivity index (χ0v) is 21.5. The standard InChI is InChI=1S/C31H32N2O5/c1-36-23-14-11-20(12-15-23)29-28(30(34)32-21-13-16-26-27(19-21)38-18-17-37-26)24-9-5-6-10-25(24)31(35)33(29)22-7-3-2-4-8-22/h5-6,9-16,19,22,28-29H,2-4,7-8,17-18H2,1H3,(H,32,34)/t28-,29-/m1/s1. The van der Waals surface area contributed by atoms with Gasteiger partial charge in [-0.15, -0.1) is 0 Å². The fourth-order valence-electron chi connectivity index (χ4n) is 6.09. The summed E-state index contributed by atoms with van der Waals surface area (Å²) in [6.07, 6.45) is 5.23. The van der Waals surface area contributed by atoms with E-state index < -0.39 is 12.0 Å². The van der Waals surface area contributed by atoms with E-state index in [4.69, 9.17) is 14.2 Å². The molecule has 3 aromatic rings. The van der Waals surface area contributed by atoms with Crippen LogP contribution in [0.4, 0.5) is 5.69 Å². The van der Waals surface area contributed by atoms with Gasteiger partial charge >= 0.3 is 0 Å². The molecule has 7 nitrogen and oxygen atoms in total. The Labute approximate surface area is 222 Å². The average Bonchev–Trinajstić information content (AvgIpc) is 2.97. The molecule has 2 atom stereocenters. The molecule has 1 N–H and O–H groups in total. The zero-order chi connectivity index (χ0) is 26.1. The van der Waals surface area contributed by atoms with Crippen molar-refractivity contribution < 1.29 is 23.8 Å². The molecule has 6 rings (SSSR count). The van der Waals surface area contributed by atoms with Crippen molar-refractivity contribution in [2.24, 2.45) is 0 Å². The highest BCUT2D eigenvalue weighted by molar-refractivity contribution is 6.04. The second-order valence-electron chi connectivity index (χ2n) is 10.1. The Hall–Kier alpha value is -4.00. The average molecular weight is 513 g/mol. The molecule has 0 saturated heterocycles. The monoisotopic (exact) mass is 512 g/mol. The minimum absolute atomic E-state index is 0.00306. The summed E-state index contributed by atoms with van der Waals surface area (Å²) in [5, 5.41) is 3.13. The van der Waals surface area contributed by atoms with E-state index in [0.29, 0.717) is 36.0 Å². The lowest BCUT2D eigenvalue weighted by Gasteiger charge is -2.46. The van der Waals surface area contributed by atoms with Crippen LogP contribution in [-0.4, -0.2) is 43.1 Å². The normalized spacial score (nSPS) is 21.0. The summed E-state index contributed by atoms with van der Waals surface area (Å²) in [6, 6.07) is 20.4. The Morgan fingerprint density at radius 1 is 0.921 bits per heavy atom. The number of fused-ring (bicyclic) bond motifs is 2. The highest BCUT2D eigenvalue weighted by Gasteiger charge is 2.46. The van der Waals surface area contributed by atoms with Gasteiger partial charge in [0, 0.05) is 23.4 Å². The summed E-state index contributed by atoms with van der Waals surface area (Å²) in [5.41, 5.74) is 2.90. The fraction of sp³-hybridized carbons (Fsp3) is 0.355. The molecule has 2 amide bonds. The molecular weight excluding hydrogens is 480 g/mol. The molecule has 1 aliphatic carbocycles. The fourth-order valence-corrected chi connectivity index (χ4v) is 6.09. The van der Waals surface area contributed by atoms with E-state index in [1.54, 1.807) is 13.2 Å². The number of rotatable bonds is 5. The van der Waals surface area contributed by atoms with Gasteiger partial charge in [0.15, 0.2) is 11.5 Å². The van der Waals surface area contributed by atoms with Crippen LogP contribution in [-0.2, 0) is 4.79 Å². The van der Waals surface area contributed by atoms with Crippen molar-refractivity contribution in [3.05, 3.63) is 83.4 Å². The van der Waals surface area contributed by atoms with Crippen LogP contribution >= 0.6 is 0 Å². The number of hydrogen-bond donors (Lipinski definition) is 1. The lowest BCUT2D eigenvalue weighted by Crippen LogP contribution is -2.51. The summed E-state index contributed by atoms with van der Waals surface area (Å²) in [7, 11) is 1.63. The third-order valence-corrected chi connectivity index (χ3v) is 7.89. The van der Waals surface area contributed by atoms with Crippen LogP contribution < -0.4 is 19.5 Å². The van der Waals surface area contributed by atoms with Crippen molar-refractivity contribution in [3.63, 3.8) is 0 Å². The number of nitrogens with one attached hydrogen (secondary N) is 1. The van der Waals surface area contributed by atoms with Crippen LogP contribution in [0.25, 0.3) is 0 Å². The molecule has 196 valence electrons. The van der Waals surface area contributed by atoms with Crippen molar-refractivity contribution >= 4 is 17.5 Å². The number of hydrogen-bond acceptors (Lipinski definition) is 5. The van der Waals surface area contributed by atoms with Crippen molar-refractivity contribution in [2.75, 3.05) is 25.6 Å². The number of carbonyl (C=O) groups excluding carboxylic acids is 2. The summed E-state index contributed by atoms with van der Waals surface area (Å²) >= 11 is 0. The van der Waals surface area contributed by atoms with Gasteiger partial charge in [-0.1, -0.05) is 49.6 Å². The molecule has 3 aromatic carbocycles. The van der Waals surface area contributed by atoms with Crippen LogP contribution in [0.5, 0.6) is 17.2 Å². The Bertz CT molecular complexity index is 1330. The summed E-state index contributed by atoms with van der Waals surface area (Å²) in [6.45, 7) is 0.977. The molecule has 0 unspecified atom stereocenters. The van der Waals surface area contributed by atoms with Crippen LogP contribution in [0.3, 0.4) is 0 Å². The number of benzene rings is 3. The molecular formula is C31H32N2O5. The van der Waals surface area contributed by atoms with Gasteiger partial charge in [-0.2, -0.15) is 0 Å². The lowest BCUT2D eigenvalue weighted by atomic mass is 9.77. The molecule has 7 heteroatoms. The van der Waals surface area contributed by atoms with Gasteiger partial charge in [0.2, 0.25) is 5.91 Å². The highest BCUT2D eigenvalue weighted by atomic mass is 16.6. The van der Waals surface area contributed by atoms with Gasteiger partial charge in [-0.05, 0) is 54.3 Å². The number of amides is 2. The van der Waals surface area contributed by atoms with Gasteiger partial charge in [-0.3, -0.25) is 9.59 Å². The Balaban J connectivity index is 1.43. The maximum atomic E-state index is 14.2. The molecule has 2 heterocycles. The molecule has 0 aromatic heterocycles. The van der Waals surface area contributed by atoms with Crippen LogP contribution in [0.1, 0.15) is 65.5 Å². The number of carbonyl (C=O) groups is 2. The third kappa shape index (κ3) is 4.46. The summed E-state index contributed by atoms with van der Waals surface area (Å²) < 4.78 is 16.8. The molecule has 0 radical (unpaired) electrons. The Morgan fingerprint density at radius 2 is 1.66 bits per heavy atom. The maximum absolute atomic E-state index is 14.2. The predicted octanol–water partition coefficient (Wildman–Crippen LogP) is 5.72. The van der Waals surface area contributed by atoms with Crippen molar-refractivity contribution in [1.29, 1.82) is 0 Å². The molecule has 1 saturated carbocycles. The van der Waals surface area contributed by atoms with E-state index in [1.165, 1.54) is 6.42 Å². The number of methoxy groups -OCH3 is 1. The largest absolute Gasteiger partial charge is 0.497 e. The second-order valence-corrected chi connectivity index (χ2v) is 10.1. The highest BCUT2D eigenvalue weighted by Crippen LogP contribution is 2.46. The SMILES string of the molecule is COc1ccc([C@@H]2[C@H](C(=O)Nc3ccc4c(c3)OCCO4)c3ccccc3C(=O)N2C2CCCCC2)cc1. The van der Waals surface area contributed by atoms with Crippen molar-refractivity contribution in [3.8, 4) is 17.2 Å². The minimum atomic E-state index is -0.590. The number of anilines is 1. The molecule has 38 heavy (non-hydrogen) atoms.